The predicted molar refractivity (Wildman–Crippen MR) is 298 cm³/mol. The number of rotatable bonds is 59. The third-order valence-electron chi connectivity index (χ3n) is 13.9. The maximum Gasteiger partial charge on any atom is 0.472 e. The first kappa shape index (κ1) is 68.8. The molecule has 0 fully saturated rings. The van der Waals surface area contributed by atoms with Crippen LogP contribution in [-0.2, 0) is 32.7 Å². The van der Waals surface area contributed by atoms with E-state index in [-0.39, 0.29) is 38.6 Å². The van der Waals surface area contributed by atoms with Gasteiger partial charge in [0.05, 0.1) is 13.2 Å². The van der Waals surface area contributed by atoms with Gasteiger partial charge in [-0.3, -0.25) is 18.6 Å². The minimum absolute atomic E-state index is 0.0575. The quantitative estimate of drug-likeness (QED) is 0.0264. The molecule has 10 heteroatoms. The molecule has 0 spiro atoms. The molecule has 0 aromatic heterocycles. The van der Waals surface area contributed by atoms with Crippen molar-refractivity contribution in [2.45, 2.75) is 335 Å². The van der Waals surface area contributed by atoms with E-state index in [1.807, 2.05) is 0 Å². The van der Waals surface area contributed by atoms with E-state index in [9.17, 15) is 19.0 Å². The Morgan fingerprint density at radius 2 is 0.700 bits per heavy atom. The maximum atomic E-state index is 12.7. The van der Waals surface area contributed by atoms with Gasteiger partial charge in [-0.1, -0.05) is 289 Å². The summed E-state index contributed by atoms with van der Waals surface area (Å²) in [6.45, 7) is 3.82. The van der Waals surface area contributed by atoms with Crippen molar-refractivity contribution in [2.75, 3.05) is 26.4 Å². The van der Waals surface area contributed by atoms with Crippen LogP contribution < -0.4 is 5.73 Å². The lowest BCUT2D eigenvalue weighted by Gasteiger charge is -2.19. The van der Waals surface area contributed by atoms with E-state index in [0.717, 1.165) is 32.1 Å². The summed E-state index contributed by atoms with van der Waals surface area (Å²) in [7, 11) is -4.38. The topological polar surface area (TPSA) is 134 Å². The molecule has 0 aromatic rings. The predicted octanol–water partition coefficient (Wildman–Crippen LogP) is 19.2. The summed E-state index contributed by atoms with van der Waals surface area (Å²) in [5.41, 5.74) is 5.39. The summed E-state index contributed by atoms with van der Waals surface area (Å²) < 4.78 is 33.1. The Labute approximate surface area is 434 Å². The minimum Gasteiger partial charge on any atom is -0.462 e. The number of nitrogens with two attached hydrogens (primary N) is 1. The number of carbonyl (C=O) groups excluding carboxylic acids is 2. The van der Waals surface area contributed by atoms with Crippen LogP contribution in [0.25, 0.3) is 0 Å². The fraction of sp³-hybridized carbons (Fsp3) is 0.933. The lowest BCUT2D eigenvalue weighted by Crippen LogP contribution is -2.29. The molecular formula is C60H118NO8P. The van der Waals surface area contributed by atoms with E-state index in [1.54, 1.807) is 0 Å². The number of phosphoric acid groups is 1. The Balaban J connectivity index is 3.87. The number of hydrogen-bond acceptors (Lipinski definition) is 8. The normalized spacial score (nSPS) is 13.0. The molecule has 2 unspecified atom stereocenters. The molecule has 3 N–H and O–H groups in total. The van der Waals surface area contributed by atoms with Crippen LogP contribution in [0.1, 0.15) is 328 Å². The highest BCUT2D eigenvalue weighted by atomic mass is 31.2. The lowest BCUT2D eigenvalue weighted by molar-refractivity contribution is -0.161. The molecule has 416 valence electrons. The third-order valence-corrected chi connectivity index (χ3v) is 14.9. The largest absolute Gasteiger partial charge is 0.472 e. The zero-order valence-corrected chi connectivity index (χ0v) is 47.4. The average Bonchev–Trinajstić information content (AvgIpc) is 3.35. The van der Waals surface area contributed by atoms with E-state index in [1.165, 1.54) is 263 Å². The zero-order valence-electron chi connectivity index (χ0n) is 46.5. The van der Waals surface area contributed by atoms with Crippen LogP contribution in [0.2, 0.25) is 0 Å². The summed E-state index contributed by atoms with van der Waals surface area (Å²) in [6.07, 6.45) is 65.7. The molecule has 0 rings (SSSR count). The second kappa shape index (κ2) is 57.0. The number of carbonyl (C=O) groups is 2. The van der Waals surface area contributed by atoms with Gasteiger partial charge in [0.25, 0.3) is 0 Å². The minimum atomic E-state index is -4.38. The molecule has 0 aliphatic rings. The van der Waals surface area contributed by atoms with E-state index in [4.69, 9.17) is 24.3 Å². The molecule has 0 saturated heterocycles. The Kier molecular flexibility index (Phi) is 56.0. The molecule has 0 amide bonds. The molecule has 0 aliphatic heterocycles. The van der Waals surface area contributed by atoms with Gasteiger partial charge in [0.1, 0.15) is 6.61 Å². The van der Waals surface area contributed by atoms with E-state index in [2.05, 4.69) is 26.0 Å². The van der Waals surface area contributed by atoms with Gasteiger partial charge in [-0.05, 0) is 38.5 Å². The molecular weight excluding hydrogens is 894 g/mol. The second-order valence-corrected chi connectivity index (χ2v) is 22.4. The molecule has 0 heterocycles. The number of unbranched alkanes of at least 4 members (excludes halogenated alkanes) is 44. The first-order valence-corrected chi connectivity index (χ1v) is 32.2. The molecule has 0 aromatic carbocycles. The number of hydrogen-bond donors (Lipinski definition) is 2. The molecule has 0 bridgehead atoms. The highest BCUT2D eigenvalue weighted by Gasteiger charge is 2.26. The van der Waals surface area contributed by atoms with Gasteiger partial charge in [0, 0.05) is 19.4 Å². The average molecular weight is 1010 g/mol. The zero-order chi connectivity index (χ0) is 51.0. The molecule has 70 heavy (non-hydrogen) atoms. The maximum absolute atomic E-state index is 12.7. The summed E-state index contributed by atoms with van der Waals surface area (Å²) in [5, 5.41) is 0. The van der Waals surface area contributed by atoms with Crippen molar-refractivity contribution >= 4 is 19.8 Å². The van der Waals surface area contributed by atoms with Gasteiger partial charge in [-0.15, -0.1) is 0 Å². The van der Waals surface area contributed by atoms with Crippen LogP contribution in [0.5, 0.6) is 0 Å². The monoisotopic (exact) mass is 1010 g/mol. The summed E-state index contributed by atoms with van der Waals surface area (Å²) in [4.78, 5) is 35.2. The first-order chi connectivity index (χ1) is 34.3. The summed E-state index contributed by atoms with van der Waals surface area (Å²) >= 11 is 0. The second-order valence-electron chi connectivity index (χ2n) is 20.9. The van der Waals surface area contributed by atoms with Crippen LogP contribution in [-0.4, -0.2) is 49.3 Å². The highest BCUT2D eigenvalue weighted by molar-refractivity contribution is 7.47. The number of phosphoric ester groups is 1. The number of ether oxygens (including phenoxy) is 2. The SMILES string of the molecule is CCCCCCCCCC/C=C\CCCCCCCCCCCCCCCCCCCC(=O)OC(COC(=O)CCCCCCCCCCCCCCCCCCCCCC)COP(=O)(O)OCCN. The van der Waals surface area contributed by atoms with Gasteiger partial charge in [0.15, 0.2) is 6.10 Å². The van der Waals surface area contributed by atoms with E-state index < -0.39 is 26.5 Å². The molecule has 0 radical (unpaired) electrons. The van der Waals surface area contributed by atoms with Crippen molar-refractivity contribution in [3.8, 4) is 0 Å². The van der Waals surface area contributed by atoms with Crippen LogP contribution >= 0.6 is 7.82 Å². The van der Waals surface area contributed by atoms with E-state index >= 15 is 0 Å². The fourth-order valence-electron chi connectivity index (χ4n) is 9.34. The first-order valence-electron chi connectivity index (χ1n) is 30.7. The van der Waals surface area contributed by atoms with Crippen molar-refractivity contribution in [1.29, 1.82) is 0 Å². The molecule has 0 aliphatic carbocycles. The number of allylic oxidation sites excluding steroid dienone is 2. The Morgan fingerprint density at radius 3 is 1.01 bits per heavy atom. The standard InChI is InChI=1S/C60H118NO8P/c1-3-5-7-9-11-13-15-17-19-21-23-25-26-27-28-29-30-31-32-33-35-37-39-41-43-45-47-49-51-53-60(63)69-58(57-68-70(64,65)67-55-54-61)56-66-59(62)52-50-48-46-44-42-40-38-36-34-24-22-20-18-16-14-12-10-8-6-4-2/h21,23,58H,3-20,22,24-57,61H2,1-2H3,(H,64,65)/b23-21-. The highest BCUT2D eigenvalue weighted by Crippen LogP contribution is 2.43. The van der Waals surface area contributed by atoms with Gasteiger partial charge in [-0.25, -0.2) is 4.57 Å². The number of esters is 2. The van der Waals surface area contributed by atoms with Crippen molar-refractivity contribution in [3.63, 3.8) is 0 Å². The van der Waals surface area contributed by atoms with Gasteiger partial charge >= 0.3 is 19.8 Å². The smallest absolute Gasteiger partial charge is 0.462 e. The molecule has 2 atom stereocenters. The lowest BCUT2D eigenvalue weighted by atomic mass is 10.0. The van der Waals surface area contributed by atoms with Crippen molar-refractivity contribution < 1.29 is 37.6 Å². The molecule has 9 nitrogen and oxygen atoms in total. The van der Waals surface area contributed by atoms with E-state index in [0.29, 0.717) is 6.42 Å². The Hall–Kier alpha value is -1.25. The van der Waals surface area contributed by atoms with Crippen molar-refractivity contribution in [1.82, 2.24) is 0 Å². The van der Waals surface area contributed by atoms with Crippen LogP contribution in [0.15, 0.2) is 12.2 Å². The van der Waals surface area contributed by atoms with Crippen molar-refractivity contribution in [3.05, 3.63) is 12.2 Å². The van der Waals surface area contributed by atoms with Crippen LogP contribution in [0.4, 0.5) is 0 Å². The van der Waals surface area contributed by atoms with Crippen molar-refractivity contribution in [2.24, 2.45) is 5.73 Å². The summed E-state index contributed by atoms with van der Waals surface area (Å²) in [5.74, 6) is -0.804. The van der Waals surface area contributed by atoms with Gasteiger partial charge < -0.3 is 20.1 Å². The fourth-order valence-corrected chi connectivity index (χ4v) is 10.1. The van der Waals surface area contributed by atoms with Gasteiger partial charge in [-0.2, -0.15) is 0 Å². The van der Waals surface area contributed by atoms with Crippen LogP contribution in [0.3, 0.4) is 0 Å². The van der Waals surface area contributed by atoms with Gasteiger partial charge in [0.2, 0.25) is 0 Å². The Morgan fingerprint density at radius 1 is 0.414 bits per heavy atom. The molecule has 0 saturated carbocycles. The van der Waals surface area contributed by atoms with Crippen LogP contribution in [0, 0.1) is 0 Å². The summed E-state index contributed by atoms with van der Waals surface area (Å²) in [6, 6.07) is 0. The third kappa shape index (κ3) is 56.1. The Bertz CT molecular complexity index is 1150.